The van der Waals surface area contributed by atoms with Crippen LogP contribution in [0, 0.1) is 5.92 Å². The first-order valence-corrected chi connectivity index (χ1v) is 3.62. The number of nitrogens with two attached hydrogens (primary N) is 1. The number of hydrogen-bond acceptors (Lipinski definition) is 1. The van der Waals surface area contributed by atoms with Gasteiger partial charge in [-0.3, -0.25) is 4.79 Å². The molecule has 1 aliphatic carbocycles. The third-order valence-electron chi connectivity index (χ3n) is 2.17. The Morgan fingerprint density at radius 2 is 2.30 bits per heavy atom. The van der Waals surface area contributed by atoms with E-state index in [9.17, 15) is 4.79 Å². The summed E-state index contributed by atoms with van der Waals surface area (Å²) in [6, 6.07) is 0. The van der Waals surface area contributed by atoms with Crippen LogP contribution in [-0.4, -0.2) is 5.91 Å². The predicted octanol–water partition coefficient (Wildman–Crippen LogP) is 1.22. The van der Waals surface area contributed by atoms with Gasteiger partial charge in [-0.1, -0.05) is 12.5 Å². The quantitative estimate of drug-likeness (QED) is 0.583. The summed E-state index contributed by atoms with van der Waals surface area (Å²) in [6.45, 7) is 4.04. The number of carbonyl (C=O) groups excluding carboxylic acids is 1. The minimum absolute atomic E-state index is 0.234. The first-order valence-electron chi connectivity index (χ1n) is 3.62. The normalized spacial score (nSPS) is 25.6. The maximum atomic E-state index is 10.8. The van der Waals surface area contributed by atoms with Gasteiger partial charge in [0.15, 0.2) is 0 Å². The molecule has 1 aliphatic rings. The molecule has 1 amide bonds. The van der Waals surface area contributed by atoms with Crippen molar-refractivity contribution in [3.8, 4) is 0 Å². The van der Waals surface area contributed by atoms with Crippen molar-refractivity contribution in [2.45, 2.75) is 26.7 Å². The van der Waals surface area contributed by atoms with E-state index in [4.69, 9.17) is 5.73 Å². The zero-order valence-electron chi connectivity index (χ0n) is 6.48. The fraction of sp³-hybridized carbons (Fsp3) is 0.625. The van der Waals surface area contributed by atoms with Crippen molar-refractivity contribution in [1.82, 2.24) is 0 Å². The lowest BCUT2D eigenvalue weighted by atomic mass is 10.0. The molecule has 2 N–H and O–H groups in total. The Kier molecular flexibility index (Phi) is 1.79. The molecule has 0 aromatic heterocycles. The van der Waals surface area contributed by atoms with Crippen molar-refractivity contribution < 1.29 is 4.79 Å². The van der Waals surface area contributed by atoms with Gasteiger partial charge in [0.2, 0.25) is 5.91 Å². The van der Waals surface area contributed by atoms with Gasteiger partial charge in [-0.15, -0.1) is 0 Å². The van der Waals surface area contributed by atoms with Crippen molar-refractivity contribution in [3.63, 3.8) is 0 Å². The number of carbonyl (C=O) groups is 1. The van der Waals surface area contributed by atoms with E-state index in [2.05, 4.69) is 6.92 Å². The molecule has 1 rings (SSSR count). The van der Waals surface area contributed by atoms with Crippen LogP contribution < -0.4 is 5.73 Å². The summed E-state index contributed by atoms with van der Waals surface area (Å²) >= 11 is 0. The summed E-state index contributed by atoms with van der Waals surface area (Å²) < 4.78 is 0. The number of rotatable bonds is 1. The maximum absolute atomic E-state index is 10.8. The summed E-state index contributed by atoms with van der Waals surface area (Å²) in [7, 11) is 0. The van der Waals surface area contributed by atoms with Gasteiger partial charge in [-0.2, -0.15) is 0 Å². The van der Waals surface area contributed by atoms with Crippen LogP contribution in [0.5, 0.6) is 0 Å². The average molecular weight is 139 g/mol. The van der Waals surface area contributed by atoms with E-state index in [0.29, 0.717) is 5.92 Å². The maximum Gasteiger partial charge on any atom is 0.244 e. The van der Waals surface area contributed by atoms with Crippen molar-refractivity contribution in [3.05, 3.63) is 11.1 Å². The molecule has 0 saturated carbocycles. The molecule has 0 aromatic carbocycles. The molecule has 1 atom stereocenters. The molecule has 0 heterocycles. The molecular weight excluding hydrogens is 126 g/mol. The zero-order valence-corrected chi connectivity index (χ0v) is 6.48. The average Bonchev–Trinajstić information content (AvgIpc) is 2.11. The number of amides is 1. The predicted molar refractivity (Wildman–Crippen MR) is 40.3 cm³/mol. The second-order valence-corrected chi connectivity index (χ2v) is 3.00. The topological polar surface area (TPSA) is 43.1 Å². The smallest absolute Gasteiger partial charge is 0.244 e. The van der Waals surface area contributed by atoms with Crippen LogP contribution in [0.1, 0.15) is 26.7 Å². The van der Waals surface area contributed by atoms with Crippen molar-refractivity contribution in [2.75, 3.05) is 0 Å². The molecular formula is C8H13NO. The molecule has 2 heteroatoms. The molecule has 0 aromatic rings. The Labute approximate surface area is 61.1 Å². The highest BCUT2D eigenvalue weighted by molar-refractivity contribution is 5.93. The molecule has 1 unspecified atom stereocenters. The first-order chi connectivity index (χ1) is 4.63. The van der Waals surface area contributed by atoms with Gasteiger partial charge >= 0.3 is 0 Å². The minimum atomic E-state index is -0.234. The van der Waals surface area contributed by atoms with E-state index in [1.807, 2.05) is 6.92 Å². The van der Waals surface area contributed by atoms with Crippen LogP contribution >= 0.6 is 0 Å². The molecule has 0 aliphatic heterocycles. The van der Waals surface area contributed by atoms with E-state index in [-0.39, 0.29) is 5.91 Å². The van der Waals surface area contributed by atoms with Crippen LogP contribution in [0.4, 0.5) is 0 Å². The SMILES string of the molecule is CC1=C(C(N)=O)C(C)CC1. The molecule has 10 heavy (non-hydrogen) atoms. The van der Waals surface area contributed by atoms with Crippen molar-refractivity contribution in [2.24, 2.45) is 11.7 Å². The van der Waals surface area contributed by atoms with E-state index >= 15 is 0 Å². The van der Waals surface area contributed by atoms with Crippen LogP contribution in [0.15, 0.2) is 11.1 Å². The van der Waals surface area contributed by atoms with Gasteiger partial charge in [0, 0.05) is 5.57 Å². The molecule has 0 saturated heterocycles. The molecule has 56 valence electrons. The van der Waals surface area contributed by atoms with Crippen LogP contribution in [0.25, 0.3) is 0 Å². The van der Waals surface area contributed by atoms with Crippen LogP contribution in [-0.2, 0) is 4.79 Å². The fourth-order valence-electron chi connectivity index (χ4n) is 1.59. The molecule has 2 nitrogen and oxygen atoms in total. The third-order valence-corrected chi connectivity index (χ3v) is 2.17. The van der Waals surface area contributed by atoms with Crippen molar-refractivity contribution >= 4 is 5.91 Å². The Bertz CT molecular complexity index is 193. The second kappa shape index (κ2) is 2.45. The van der Waals surface area contributed by atoms with Gasteiger partial charge < -0.3 is 5.73 Å². The summed E-state index contributed by atoms with van der Waals surface area (Å²) in [6.07, 6.45) is 2.13. The minimum Gasteiger partial charge on any atom is -0.366 e. The highest BCUT2D eigenvalue weighted by Gasteiger charge is 2.22. The van der Waals surface area contributed by atoms with Gasteiger partial charge in [-0.25, -0.2) is 0 Å². The van der Waals surface area contributed by atoms with E-state index in [1.54, 1.807) is 0 Å². The van der Waals surface area contributed by atoms with Gasteiger partial charge in [0.25, 0.3) is 0 Å². The molecule has 0 spiro atoms. The fourth-order valence-corrected chi connectivity index (χ4v) is 1.59. The number of primary amides is 1. The Hall–Kier alpha value is -0.790. The number of allylic oxidation sites excluding steroid dienone is 1. The Balaban J connectivity index is 2.88. The lowest BCUT2D eigenvalue weighted by molar-refractivity contribution is -0.115. The van der Waals surface area contributed by atoms with Gasteiger partial charge in [0.1, 0.15) is 0 Å². The Morgan fingerprint density at radius 3 is 2.50 bits per heavy atom. The van der Waals surface area contributed by atoms with Gasteiger partial charge in [0.05, 0.1) is 0 Å². The van der Waals surface area contributed by atoms with Gasteiger partial charge in [-0.05, 0) is 25.7 Å². The lowest BCUT2D eigenvalue weighted by Crippen LogP contribution is -2.17. The van der Waals surface area contributed by atoms with Crippen molar-refractivity contribution in [1.29, 1.82) is 0 Å². The zero-order chi connectivity index (χ0) is 7.72. The lowest BCUT2D eigenvalue weighted by Gasteiger charge is -2.03. The van der Waals surface area contributed by atoms with Crippen LogP contribution in [0.3, 0.4) is 0 Å². The number of hydrogen-bond donors (Lipinski definition) is 1. The highest BCUT2D eigenvalue weighted by atomic mass is 16.1. The summed E-state index contributed by atoms with van der Waals surface area (Å²) in [5, 5.41) is 0. The van der Waals surface area contributed by atoms with E-state index in [1.165, 1.54) is 5.57 Å². The molecule has 0 radical (unpaired) electrons. The molecule has 0 bridgehead atoms. The van der Waals surface area contributed by atoms with E-state index < -0.39 is 0 Å². The summed E-state index contributed by atoms with van der Waals surface area (Å²) in [5.74, 6) is 0.153. The summed E-state index contributed by atoms with van der Waals surface area (Å²) in [5.41, 5.74) is 7.22. The van der Waals surface area contributed by atoms with Crippen LogP contribution in [0.2, 0.25) is 0 Å². The summed E-state index contributed by atoms with van der Waals surface area (Å²) in [4.78, 5) is 10.8. The molecule has 0 fully saturated rings. The standard InChI is InChI=1S/C8H13NO/c1-5-3-4-6(2)7(5)8(9)10/h5H,3-4H2,1-2H3,(H2,9,10). The highest BCUT2D eigenvalue weighted by Crippen LogP contribution is 2.30. The van der Waals surface area contributed by atoms with E-state index in [0.717, 1.165) is 18.4 Å². The third kappa shape index (κ3) is 1.06. The first kappa shape index (κ1) is 7.32. The Morgan fingerprint density at radius 1 is 1.70 bits per heavy atom. The monoisotopic (exact) mass is 139 g/mol. The second-order valence-electron chi connectivity index (χ2n) is 3.00. The largest absolute Gasteiger partial charge is 0.366 e.